The second kappa shape index (κ2) is 8.34. The predicted molar refractivity (Wildman–Crippen MR) is 96.6 cm³/mol. The van der Waals surface area contributed by atoms with Crippen molar-refractivity contribution < 1.29 is 14.3 Å². The van der Waals surface area contributed by atoms with Gasteiger partial charge in [0.15, 0.2) is 0 Å². The van der Waals surface area contributed by atoms with Crippen LogP contribution in [0.25, 0.3) is 11.1 Å². The van der Waals surface area contributed by atoms with Gasteiger partial charge in [-0.05, 0) is 30.7 Å². The summed E-state index contributed by atoms with van der Waals surface area (Å²) in [4.78, 5) is 17.7. The van der Waals surface area contributed by atoms with Gasteiger partial charge in [-0.1, -0.05) is 12.1 Å². The zero-order valence-electron chi connectivity index (χ0n) is 14.7. The van der Waals surface area contributed by atoms with Crippen molar-refractivity contribution in [3.05, 3.63) is 48.3 Å². The quantitative estimate of drug-likeness (QED) is 0.841. The summed E-state index contributed by atoms with van der Waals surface area (Å²) >= 11 is 0. The molecule has 0 aliphatic carbocycles. The lowest BCUT2D eigenvalue weighted by Crippen LogP contribution is -2.42. The summed E-state index contributed by atoms with van der Waals surface area (Å²) in [6.45, 7) is 3.45. The summed E-state index contributed by atoms with van der Waals surface area (Å²) in [5.41, 5.74) is 2.45. The summed E-state index contributed by atoms with van der Waals surface area (Å²) < 4.78 is 11.1. The van der Waals surface area contributed by atoms with Gasteiger partial charge in [-0.2, -0.15) is 5.26 Å². The number of hydrogen-bond donors (Lipinski definition) is 0. The Morgan fingerprint density at radius 3 is 2.81 bits per heavy atom. The van der Waals surface area contributed by atoms with Gasteiger partial charge in [-0.3, -0.25) is 4.98 Å². The zero-order valence-corrected chi connectivity index (χ0v) is 14.7. The van der Waals surface area contributed by atoms with Gasteiger partial charge in [0.2, 0.25) is 0 Å². The van der Waals surface area contributed by atoms with Gasteiger partial charge in [0.05, 0.1) is 24.4 Å². The van der Waals surface area contributed by atoms with Crippen LogP contribution in [-0.2, 0) is 4.74 Å². The van der Waals surface area contributed by atoms with Crippen molar-refractivity contribution in [1.82, 2.24) is 9.88 Å². The van der Waals surface area contributed by atoms with Gasteiger partial charge < -0.3 is 14.4 Å². The van der Waals surface area contributed by atoms with Crippen molar-refractivity contribution in [3.63, 3.8) is 0 Å². The molecule has 6 nitrogen and oxygen atoms in total. The average molecular weight is 351 g/mol. The van der Waals surface area contributed by atoms with E-state index in [1.807, 2.05) is 24.3 Å². The molecule has 0 radical (unpaired) electrons. The smallest absolute Gasteiger partial charge is 0.409 e. The highest BCUT2D eigenvalue weighted by molar-refractivity contribution is 5.67. The molecule has 2 aromatic rings. The third-order valence-electron chi connectivity index (χ3n) is 4.31. The minimum absolute atomic E-state index is 0.0446. The monoisotopic (exact) mass is 351 g/mol. The van der Waals surface area contributed by atoms with Gasteiger partial charge in [0.1, 0.15) is 11.9 Å². The van der Waals surface area contributed by atoms with Gasteiger partial charge in [-0.25, -0.2) is 4.79 Å². The van der Waals surface area contributed by atoms with Gasteiger partial charge in [0.25, 0.3) is 0 Å². The lowest BCUT2D eigenvalue weighted by atomic mass is 10.0. The number of carbonyl (C=O) groups excluding carboxylic acids is 1. The van der Waals surface area contributed by atoms with Crippen molar-refractivity contribution in [1.29, 1.82) is 5.26 Å². The Morgan fingerprint density at radius 2 is 2.08 bits per heavy atom. The zero-order chi connectivity index (χ0) is 18.4. The second-order valence-corrected chi connectivity index (χ2v) is 6.11. The van der Waals surface area contributed by atoms with Gasteiger partial charge in [0, 0.05) is 37.7 Å². The third-order valence-corrected chi connectivity index (χ3v) is 4.31. The molecule has 6 heteroatoms. The molecular formula is C20H21N3O3. The van der Waals surface area contributed by atoms with Crippen LogP contribution < -0.4 is 4.74 Å². The summed E-state index contributed by atoms with van der Waals surface area (Å²) in [6.07, 6.45) is 4.75. The van der Waals surface area contributed by atoms with E-state index < -0.39 is 0 Å². The molecule has 1 aromatic heterocycles. The number of rotatable bonds is 4. The fraction of sp³-hybridized carbons (Fsp3) is 0.350. The summed E-state index contributed by atoms with van der Waals surface area (Å²) in [5, 5.41) is 9.05. The molecule has 1 fully saturated rings. The predicted octanol–water partition coefficient (Wildman–Crippen LogP) is 3.62. The third kappa shape index (κ3) is 4.31. The first-order valence-electron chi connectivity index (χ1n) is 8.73. The highest BCUT2D eigenvalue weighted by Crippen LogP contribution is 2.25. The average Bonchev–Trinajstić information content (AvgIpc) is 2.69. The minimum Gasteiger partial charge on any atom is -0.489 e. The molecule has 0 bridgehead atoms. The van der Waals surface area contributed by atoms with Crippen molar-refractivity contribution in [2.45, 2.75) is 25.9 Å². The van der Waals surface area contributed by atoms with Crippen LogP contribution in [0.15, 0.2) is 42.7 Å². The van der Waals surface area contributed by atoms with E-state index in [-0.39, 0.29) is 12.2 Å². The second-order valence-electron chi connectivity index (χ2n) is 6.11. The van der Waals surface area contributed by atoms with Gasteiger partial charge in [-0.15, -0.1) is 0 Å². The molecule has 3 rings (SSSR count). The molecule has 0 unspecified atom stereocenters. The van der Waals surface area contributed by atoms with Crippen molar-refractivity contribution in [2.75, 3.05) is 19.7 Å². The fourth-order valence-electron chi connectivity index (χ4n) is 2.97. The van der Waals surface area contributed by atoms with Crippen LogP contribution in [0.5, 0.6) is 5.75 Å². The van der Waals surface area contributed by atoms with Crippen molar-refractivity contribution >= 4 is 6.09 Å². The number of nitriles is 1. The van der Waals surface area contributed by atoms with E-state index >= 15 is 0 Å². The Hall–Kier alpha value is -3.07. The molecule has 134 valence electrons. The Bertz CT molecular complexity index is 808. The Morgan fingerprint density at radius 1 is 1.27 bits per heavy atom. The minimum atomic E-state index is -0.257. The lowest BCUT2D eigenvalue weighted by molar-refractivity contribution is 0.0702. The number of hydrogen-bond acceptors (Lipinski definition) is 5. The van der Waals surface area contributed by atoms with Crippen LogP contribution in [0.4, 0.5) is 4.79 Å². The molecule has 1 saturated heterocycles. The van der Waals surface area contributed by atoms with E-state index in [4.69, 9.17) is 14.7 Å². The topological polar surface area (TPSA) is 75.4 Å². The first kappa shape index (κ1) is 17.7. The Labute approximate surface area is 153 Å². The number of benzene rings is 1. The van der Waals surface area contributed by atoms with E-state index in [9.17, 15) is 4.79 Å². The summed E-state index contributed by atoms with van der Waals surface area (Å²) in [5.74, 6) is 0.694. The number of aromatic nitrogens is 1. The van der Waals surface area contributed by atoms with Crippen molar-refractivity contribution in [2.24, 2.45) is 0 Å². The summed E-state index contributed by atoms with van der Waals surface area (Å²) in [6, 6.07) is 11.5. The first-order valence-corrected chi connectivity index (χ1v) is 8.73. The molecule has 1 amide bonds. The number of nitrogens with zero attached hydrogens (tertiary/aromatic N) is 3. The van der Waals surface area contributed by atoms with Crippen LogP contribution in [0.1, 0.15) is 25.3 Å². The molecule has 0 saturated carbocycles. The molecule has 0 N–H and O–H groups in total. The number of pyridine rings is 1. The fourth-order valence-corrected chi connectivity index (χ4v) is 2.97. The maximum absolute atomic E-state index is 11.7. The molecular weight excluding hydrogens is 330 g/mol. The molecule has 1 aromatic carbocycles. The number of amides is 1. The molecule has 1 aliphatic heterocycles. The highest BCUT2D eigenvalue weighted by Gasteiger charge is 2.24. The summed E-state index contributed by atoms with van der Waals surface area (Å²) in [7, 11) is 0. The standard InChI is InChI=1S/C20H21N3O3/c1-2-25-20(24)23-8-6-18(7-9-23)26-19-11-17(13-22-14-19)16-5-3-4-15(10-16)12-21/h3-5,10-11,13-14,18H,2,6-9H2,1H3. The highest BCUT2D eigenvalue weighted by atomic mass is 16.6. The first-order chi connectivity index (χ1) is 12.7. The lowest BCUT2D eigenvalue weighted by Gasteiger charge is -2.31. The molecule has 2 heterocycles. The molecule has 26 heavy (non-hydrogen) atoms. The van der Waals surface area contributed by atoms with Crippen LogP contribution >= 0.6 is 0 Å². The van der Waals surface area contributed by atoms with Crippen LogP contribution in [0.2, 0.25) is 0 Å². The maximum Gasteiger partial charge on any atom is 0.409 e. The SMILES string of the molecule is CCOC(=O)N1CCC(Oc2cncc(-c3cccc(C#N)c3)c2)CC1. The normalized spacial score (nSPS) is 14.5. The van der Waals surface area contributed by atoms with E-state index in [1.54, 1.807) is 30.3 Å². The number of ether oxygens (including phenoxy) is 2. The Kier molecular flexibility index (Phi) is 5.69. The van der Waals surface area contributed by atoms with E-state index in [1.165, 1.54) is 0 Å². The maximum atomic E-state index is 11.7. The molecule has 1 aliphatic rings. The van der Waals surface area contributed by atoms with Crippen LogP contribution in [-0.4, -0.2) is 41.8 Å². The molecule has 0 spiro atoms. The number of likely N-dealkylation sites (tertiary alicyclic amines) is 1. The van der Waals surface area contributed by atoms with E-state index in [0.717, 1.165) is 24.0 Å². The van der Waals surface area contributed by atoms with Crippen LogP contribution in [0.3, 0.4) is 0 Å². The van der Waals surface area contributed by atoms with Gasteiger partial charge >= 0.3 is 6.09 Å². The number of carbonyl (C=O) groups is 1. The number of piperidine rings is 1. The van der Waals surface area contributed by atoms with Crippen LogP contribution in [0, 0.1) is 11.3 Å². The van der Waals surface area contributed by atoms with E-state index in [0.29, 0.717) is 31.0 Å². The largest absolute Gasteiger partial charge is 0.489 e. The van der Waals surface area contributed by atoms with Crippen molar-refractivity contribution in [3.8, 4) is 22.9 Å². The molecule has 0 atom stereocenters. The Balaban J connectivity index is 1.63. The van der Waals surface area contributed by atoms with E-state index in [2.05, 4.69) is 11.1 Å².